The number of aromatic nitrogens is 2. The molecule has 1 rings (SSSR count). The summed E-state index contributed by atoms with van der Waals surface area (Å²) in [5.41, 5.74) is -0.510. The van der Waals surface area contributed by atoms with Crippen molar-refractivity contribution in [2.24, 2.45) is 7.05 Å². The van der Waals surface area contributed by atoms with Crippen molar-refractivity contribution in [3.8, 4) is 0 Å². The maximum Gasteiger partial charge on any atom is 0.282 e. The summed E-state index contributed by atoms with van der Waals surface area (Å²) in [5.74, 6) is 0. The lowest BCUT2D eigenvalue weighted by Gasteiger charge is -2.05. The van der Waals surface area contributed by atoms with Crippen molar-refractivity contribution >= 4 is 0 Å². The van der Waals surface area contributed by atoms with Gasteiger partial charge in [-0.15, -0.1) is 0 Å². The Labute approximate surface area is 73.4 Å². The summed E-state index contributed by atoms with van der Waals surface area (Å²) in [6, 6.07) is 0. The summed E-state index contributed by atoms with van der Waals surface area (Å²) in [5, 5.41) is 21.2. The number of aliphatic hydroxyl groups is 2. The third-order valence-corrected chi connectivity index (χ3v) is 1.63. The van der Waals surface area contributed by atoms with Gasteiger partial charge in [-0.1, -0.05) is 0 Å². The fourth-order valence-electron chi connectivity index (χ4n) is 1.05. The summed E-state index contributed by atoms with van der Waals surface area (Å²) >= 11 is 0. The summed E-state index contributed by atoms with van der Waals surface area (Å²) in [6.45, 7) is -0.592. The van der Waals surface area contributed by atoms with E-state index in [1.165, 1.54) is 17.9 Å². The zero-order chi connectivity index (χ0) is 10.0. The molecule has 0 bridgehead atoms. The average Bonchev–Trinajstić information content (AvgIpc) is 2.46. The van der Waals surface area contributed by atoms with Gasteiger partial charge < -0.3 is 10.2 Å². The average molecular weight is 192 g/mol. The van der Waals surface area contributed by atoms with Crippen molar-refractivity contribution in [3.63, 3.8) is 0 Å². The largest absolute Gasteiger partial charge is 0.393 e. The van der Waals surface area contributed by atoms with E-state index >= 15 is 0 Å². The van der Waals surface area contributed by atoms with Gasteiger partial charge in [0, 0.05) is 18.8 Å². The lowest BCUT2D eigenvalue weighted by atomic mass is 10.1. The molecular formula is C7H10F2N2O2. The molecule has 0 aliphatic rings. The van der Waals surface area contributed by atoms with Crippen LogP contribution in [-0.4, -0.2) is 26.6 Å². The summed E-state index contributed by atoms with van der Waals surface area (Å²) < 4.78 is 25.7. The Morgan fingerprint density at radius 1 is 1.62 bits per heavy atom. The van der Waals surface area contributed by atoms with E-state index < -0.39 is 24.8 Å². The van der Waals surface area contributed by atoms with Crippen molar-refractivity contribution < 1.29 is 19.0 Å². The van der Waals surface area contributed by atoms with Crippen molar-refractivity contribution in [3.05, 3.63) is 17.5 Å². The molecule has 0 aliphatic heterocycles. The van der Waals surface area contributed by atoms with Gasteiger partial charge in [-0.2, -0.15) is 5.10 Å². The zero-order valence-electron chi connectivity index (χ0n) is 6.98. The molecule has 4 nitrogen and oxygen atoms in total. The molecule has 0 saturated heterocycles. The maximum atomic E-state index is 12.3. The van der Waals surface area contributed by atoms with Crippen LogP contribution in [0.25, 0.3) is 0 Å². The molecule has 1 aromatic rings. The number of nitrogens with zero attached hydrogens (tertiary/aromatic N) is 2. The van der Waals surface area contributed by atoms with Crippen LogP contribution < -0.4 is 0 Å². The van der Waals surface area contributed by atoms with Gasteiger partial charge in [0.2, 0.25) is 0 Å². The van der Waals surface area contributed by atoms with Crippen LogP contribution in [0.2, 0.25) is 0 Å². The van der Waals surface area contributed by atoms with Crippen molar-refractivity contribution in [1.29, 1.82) is 0 Å². The minimum absolute atomic E-state index is 0.0278. The molecule has 1 aromatic heterocycles. The third-order valence-electron chi connectivity index (χ3n) is 1.63. The second-order valence-corrected chi connectivity index (χ2v) is 2.64. The van der Waals surface area contributed by atoms with E-state index in [9.17, 15) is 8.78 Å². The fourth-order valence-corrected chi connectivity index (χ4v) is 1.05. The Kier molecular flexibility index (Phi) is 2.94. The molecule has 2 N–H and O–H groups in total. The Hall–Kier alpha value is -1.01. The van der Waals surface area contributed by atoms with E-state index in [4.69, 9.17) is 10.2 Å². The molecule has 0 spiro atoms. The summed E-state index contributed by atoms with van der Waals surface area (Å²) in [6.07, 6.45) is -2.77. The Bertz CT molecular complexity index is 288. The Morgan fingerprint density at radius 2 is 2.23 bits per heavy atom. The quantitative estimate of drug-likeness (QED) is 0.728. The molecule has 0 amide bonds. The number of aliphatic hydroxyl groups excluding tert-OH is 2. The smallest absolute Gasteiger partial charge is 0.282 e. The normalized spacial score (nSPS) is 13.7. The number of rotatable bonds is 3. The molecule has 0 radical (unpaired) electrons. The second kappa shape index (κ2) is 3.80. The van der Waals surface area contributed by atoms with Crippen molar-refractivity contribution in [2.75, 3.05) is 6.61 Å². The number of hydrogen-bond acceptors (Lipinski definition) is 3. The fraction of sp³-hybridized carbons (Fsp3) is 0.571. The van der Waals surface area contributed by atoms with Crippen LogP contribution in [0.5, 0.6) is 0 Å². The highest BCUT2D eigenvalue weighted by atomic mass is 19.3. The van der Waals surface area contributed by atoms with E-state index in [0.717, 1.165) is 0 Å². The zero-order valence-corrected chi connectivity index (χ0v) is 6.98. The summed E-state index contributed by atoms with van der Waals surface area (Å²) in [4.78, 5) is 0. The number of alkyl halides is 2. The topological polar surface area (TPSA) is 58.3 Å². The molecular weight excluding hydrogens is 182 g/mol. The maximum absolute atomic E-state index is 12.3. The van der Waals surface area contributed by atoms with Crippen LogP contribution in [0.3, 0.4) is 0 Å². The summed E-state index contributed by atoms with van der Waals surface area (Å²) in [7, 11) is 1.47. The first-order chi connectivity index (χ1) is 6.06. The lowest BCUT2D eigenvalue weighted by Crippen LogP contribution is -2.04. The van der Waals surface area contributed by atoms with Crippen LogP contribution in [0.1, 0.15) is 23.8 Å². The number of hydrogen-bond donors (Lipinski definition) is 2. The molecule has 0 saturated carbocycles. The molecule has 0 aliphatic carbocycles. The molecule has 1 unspecified atom stereocenters. The first kappa shape index (κ1) is 10.1. The molecule has 0 fully saturated rings. The predicted octanol–water partition coefficient (Wildman–Crippen LogP) is 0.383. The lowest BCUT2D eigenvalue weighted by molar-refractivity contribution is 0.0876. The van der Waals surface area contributed by atoms with Gasteiger partial charge in [-0.3, -0.25) is 4.68 Å². The number of halogens is 2. The second-order valence-electron chi connectivity index (χ2n) is 2.64. The molecule has 6 heteroatoms. The molecule has 1 atom stereocenters. The van der Waals surface area contributed by atoms with E-state index in [1.807, 2.05) is 0 Å². The van der Waals surface area contributed by atoms with Gasteiger partial charge in [0.05, 0.1) is 6.61 Å². The van der Waals surface area contributed by atoms with Gasteiger partial charge in [0.25, 0.3) is 6.43 Å². The van der Waals surface area contributed by atoms with E-state index in [0.29, 0.717) is 0 Å². The minimum atomic E-state index is -2.74. The van der Waals surface area contributed by atoms with Crippen LogP contribution >= 0.6 is 0 Å². The van der Waals surface area contributed by atoms with Crippen LogP contribution in [0, 0.1) is 0 Å². The first-order valence-electron chi connectivity index (χ1n) is 3.66. The van der Waals surface area contributed by atoms with E-state index in [2.05, 4.69) is 5.10 Å². The predicted molar refractivity (Wildman–Crippen MR) is 40.2 cm³/mol. The molecule has 13 heavy (non-hydrogen) atoms. The third kappa shape index (κ3) is 2.02. The monoisotopic (exact) mass is 192 g/mol. The SMILES string of the molecule is Cn1cc(C(O)CO)c(C(F)F)n1. The molecule has 1 heterocycles. The van der Waals surface area contributed by atoms with Crippen LogP contribution in [0.4, 0.5) is 8.78 Å². The molecule has 74 valence electrons. The Morgan fingerprint density at radius 3 is 2.69 bits per heavy atom. The van der Waals surface area contributed by atoms with Crippen LogP contribution in [-0.2, 0) is 7.05 Å². The minimum Gasteiger partial charge on any atom is -0.393 e. The Balaban J connectivity index is 3.04. The van der Waals surface area contributed by atoms with Gasteiger partial charge >= 0.3 is 0 Å². The van der Waals surface area contributed by atoms with Gasteiger partial charge in [-0.25, -0.2) is 8.78 Å². The van der Waals surface area contributed by atoms with E-state index in [1.54, 1.807) is 0 Å². The van der Waals surface area contributed by atoms with E-state index in [-0.39, 0.29) is 5.56 Å². The highest BCUT2D eigenvalue weighted by Crippen LogP contribution is 2.25. The van der Waals surface area contributed by atoms with Gasteiger partial charge in [0.1, 0.15) is 11.8 Å². The standard InChI is InChI=1S/C7H10F2N2O2/c1-11-2-4(5(13)3-12)6(10-11)7(8)9/h2,5,7,12-13H,3H2,1H3. The highest BCUT2D eigenvalue weighted by Gasteiger charge is 2.21. The highest BCUT2D eigenvalue weighted by molar-refractivity contribution is 5.20. The first-order valence-corrected chi connectivity index (χ1v) is 3.66. The van der Waals surface area contributed by atoms with Gasteiger partial charge in [0.15, 0.2) is 0 Å². The van der Waals surface area contributed by atoms with Crippen molar-refractivity contribution in [1.82, 2.24) is 9.78 Å². The number of aryl methyl sites for hydroxylation is 1. The van der Waals surface area contributed by atoms with Crippen LogP contribution in [0.15, 0.2) is 6.20 Å². The van der Waals surface area contributed by atoms with Gasteiger partial charge in [-0.05, 0) is 0 Å². The van der Waals surface area contributed by atoms with Crippen molar-refractivity contribution in [2.45, 2.75) is 12.5 Å². The molecule has 0 aromatic carbocycles.